The Morgan fingerprint density at radius 2 is 2.25 bits per heavy atom. The summed E-state index contributed by atoms with van der Waals surface area (Å²) in [5, 5.41) is 6.57. The van der Waals surface area contributed by atoms with Crippen LogP contribution in [0.4, 0.5) is 9.52 Å². The quantitative estimate of drug-likeness (QED) is 0.847. The number of carbonyl (C=O) groups excluding carboxylic acids is 1. The van der Waals surface area contributed by atoms with Crippen molar-refractivity contribution in [3.63, 3.8) is 0 Å². The molecule has 8 heteroatoms. The number of hydrogen-bond donors (Lipinski definition) is 2. The number of nitrogens with zero attached hydrogens (tertiary/aromatic N) is 1. The number of carbonyl (C=O) groups is 1. The Bertz CT molecular complexity index is 719. The Hall–Kier alpha value is -1.70. The van der Waals surface area contributed by atoms with Gasteiger partial charge in [-0.3, -0.25) is 10.1 Å². The van der Waals surface area contributed by atoms with Gasteiger partial charge >= 0.3 is 0 Å². The van der Waals surface area contributed by atoms with Gasteiger partial charge in [0, 0.05) is 17.1 Å². The molecule has 24 heavy (non-hydrogen) atoms. The number of piperidine rings is 1. The second-order valence-electron chi connectivity index (χ2n) is 5.50. The minimum Gasteiger partial charge on any atom is -0.484 e. The third-order valence-electron chi connectivity index (χ3n) is 3.77. The molecule has 0 radical (unpaired) electrons. The number of thiazole rings is 1. The van der Waals surface area contributed by atoms with Gasteiger partial charge in [-0.05, 0) is 44.0 Å². The second-order valence-corrected chi connectivity index (χ2v) is 6.97. The highest BCUT2D eigenvalue weighted by Gasteiger charge is 2.18. The number of rotatable bonds is 5. The standard InChI is InChI=1S/C16H17ClFN3O2S/c17-12-7-11(1-2-13(12)18)23-9-15(22)21-16-20-8-14(24-16)10-3-5-19-6-4-10/h1-2,7-8,10,19H,3-6,9H2,(H,20,21,22). The molecule has 1 fully saturated rings. The van der Waals surface area contributed by atoms with E-state index in [0.717, 1.165) is 25.9 Å². The molecule has 0 aliphatic carbocycles. The van der Waals surface area contributed by atoms with Crippen molar-refractivity contribution < 1.29 is 13.9 Å². The van der Waals surface area contributed by atoms with Crippen molar-refractivity contribution in [1.29, 1.82) is 0 Å². The van der Waals surface area contributed by atoms with Gasteiger partial charge in [-0.25, -0.2) is 9.37 Å². The van der Waals surface area contributed by atoms with Crippen LogP contribution in [-0.4, -0.2) is 30.6 Å². The molecule has 0 bridgehead atoms. The first-order valence-corrected chi connectivity index (χ1v) is 8.85. The first-order chi connectivity index (χ1) is 11.6. The Morgan fingerprint density at radius 3 is 3.00 bits per heavy atom. The molecule has 2 aromatic rings. The van der Waals surface area contributed by atoms with Crippen LogP contribution in [0.1, 0.15) is 23.6 Å². The number of amides is 1. The zero-order valence-electron chi connectivity index (χ0n) is 12.9. The van der Waals surface area contributed by atoms with Crippen LogP contribution in [0.5, 0.6) is 5.75 Å². The van der Waals surface area contributed by atoms with Crippen molar-refractivity contribution in [2.24, 2.45) is 0 Å². The smallest absolute Gasteiger partial charge is 0.264 e. The van der Waals surface area contributed by atoms with Crippen molar-refractivity contribution in [2.75, 3.05) is 25.0 Å². The van der Waals surface area contributed by atoms with Crippen LogP contribution >= 0.6 is 22.9 Å². The van der Waals surface area contributed by atoms with Gasteiger partial charge in [0.25, 0.3) is 5.91 Å². The summed E-state index contributed by atoms with van der Waals surface area (Å²) in [6, 6.07) is 3.96. The molecular weight excluding hydrogens is 353 g/mol. The number of aromatic nitrogens is 1. The normalized spacial score (nSPS) is 15.2. The van der Waals surface area contributed by atoms with E-state index in [1.807, 2.05) is 6.20 Å². The fourth-order valence-corrected chi connectivity index (χ4v) is 3.68. The van der Waals surface area contributed by atoms with Crippen LogP contribution in [0.25, 0.3) is 0 Å². The van der Waals surface area contributed by atoms with Crippen molar-refractivity contribution in [2.45, 2.75) is 18.8 Å². The van der Waals surface area contributed by atoms with E-state index in [1.165, 1.54) is 34.4 Å². The number of ether oxygens (including phenoxy) is 1. The first kappa shape index (κ1) is 17.1. The lowest BCUT2D eigenvalue weighted by atomic mass is 9.97. The lowest BCUT2D eigenvalue weighted by Gasteiger charge is -2.20. The maximum absolute atomic E-state index is 13.1. The minimum atomic E-state index is -0.526. The van der Waals surface area contributed by atoms with Crippen molar-refractivity contribution >= 4 is 34.0 Å². The molecule has 1 aromatic heterocycles. The van der Waals surface area contributed by atoms with E-state index >= 15 is 0 Å². The van der Waals surface area contributed by atoms with E-state index in [9.17, 15) is 9.18 Å². The van der Waals surface area contributed by atoms with Gasteiger partial charge in [0.15, 0.2) is 11.7 Å². The van der Waals surface area contributed by atoms with Gasteiger partial charge in [0.1, 0.15) is 11.6 Å². The Kier molecular flexibility index (Phi) is 5.65. The van der Waals surface area contributed by atoms with Gasteiger partial charge in [-0.2, -0.15) is 0 Å². The Balaban J connectivity index is 1.51. The summed E-state index contributed by atoms with van der Waals surface area (Å²) < 4.78 is 18.4. The molecule has 0 unspecified atom stereocenters. The molecule has 2 N–H and O–H groups in total. The second kappa shape index (κ2) is 7.92. The van der Waals surface area contributed by atoms with Crippen LogP contribution < -0.4 is 15.4 Å². The van der Waals surface area contributed by atoms with Gasteiger partial charge in [0.2, 0.25) is 0 Å². The maximum atomic E-state index is 13.1. The summed E-state index contributed by atoms with van der Waals surface area (Å²) in [4.78, 5) is 17.4. The largest absolute Gasteiger partial charge is 0.484 e. The average molecular weight is 370 g/mol. The van der Waals surface area contributed by atoms with Crippen molar-refractivity contribution in [3.05, 3.63) is 40.1 Å². The zero-order chi connectivity index (χ0) is 16.9. The van der Waals surface area contributed by atoms with Gasteiger partial charge in [-0.1, -0.05) is 11.6 Å². The predicted octanol–water partition coefficient (Wildman–Crippen LogP) is 3.42. The zero-order valence-corrected chi connectivity index (χ0v) is 14.4. The molecule has 5 nitrogen and oxygen atoms in total. The molecule has 2 heterocycles. The fourth-order valence-electron chi connectivity index (χ4n) is 2.51. The lowest BCUT2D eigenvalue weighted by Crippen LogP contribution is -2.26. The summed E-state index contributed by atoms with van der Waals surface area (Å²) in [6.45, 7) is 1.83. The summed E-state index contributed by atoms with van der Waals surface area (Å²) in [5.41, 5.74) is 0. The molecule has 128 valence electrons. The lowest BCUT2D eigenvalue weighted by molar-refractivity contribution is -0.118. The monoisotopic (exact) mass is 369 g/mol. The number of hydrogen-bond acceptors (Lipinski definition) is 5. The van der Waals surface area contributed by atoms with E-state index in [2.05, 4.69) is 15.6 Å². The predicted molar refractivity (Wildman–Crippen MR) is 92.5 cm³/mol. The molecule has 1 amide bonds. The summed E-state index contributed by atoms with van der Waals surface area (Å²) in [7, 11) is 0. The highest BCUT2D eigenvalue weighted by Crippen LogP contribution is 2.31. The minimum absolute atomic E-state index is 0.0422. The first-order valence-electron chi connectivity index (χ1n) is 7.66. The molecule has 1 aromatic carbocycles. The summed E-state index contributed by atoms with van der Waals surface area (Å²) >= 11 is 7.16. The topological polar surface area (TPSA) is 63.2 Å². The molecule has 1 saturated heterocycles. The SMILES string of the molecule is O=C(COc1ccc(F)c(Cl)c1)Nc1ncc(C2CCNCC2)s1. The highest BCUT2D eigenvalue weighted by atomic mass is 35.5. The number of nitrogens with one attached hydrogen (secondary N) is 2. The van der Waals surface area contributed by atoms with Gasteiger partial charge in [0.05, 0.1) is 5.02 Å². The molecule has 0 spiro atoms. The van der Waals surface area contributed by atoms with Crippen LogP contribution in [0.2, 0.25) is 5.02 Å². The average Bonchev–Trinajstić information content (AvgIpc) is 3.05. The summed E-state index contributed by atoms with van der Waals surface area (Å²) in [6.07, 6.45) is 4.00. The number of benzene rings is 1. The van der Waals surface area contributed by atoms with Crippen LogP contribution in [0.15, 0.2) is 24.4 Å². The maximum Gasteiger partial charge on any atom is 0.264 e. The fraction of sp³-hybridized carbons (Fsp3) is 0.375. The highest BCUT2D eigenvalue weighted by molar-refractivity contribution is 7.15. The Morgan fingerprint density at radius 1 is 1.46 bits per heavy atom. The van der Waals surface area contributed by atoms with E-state index in [4.69, 9.17) is 16.3 Å². The third-order valence-corrected chi connectivity index (χ3v) is 5.14. The Labute approximate surface area is 148 Å². The molecule has 0 saturated carbocycles. The van der Waals surface area contributed by atoms with E-state index < -0.39 is 5.82 Å². The van der Waals surface area contributed by atoms with Crippen molar-refractivity contribution in [1.82, 2.24) is 10.3 Å². The molecule has 1 aliphatic heterocycles. The van der Waals surface area contributed by atoms with Crippen LogP contribution in [0.3, 0.4) is 0 Å². The molecule has 3 rings (SSSR count). The van der Waals surface area contributed by atoms with E-state index in [1.54, 1.807) is 0 Å². The van der Waals surface area contributed by atoms with E-state index in [-0.39, 0.29) is 17.5 Å². The molecular formula is C16H17ClFN3O2S. The molecule has 0 atom stereocenters. The van der Waals surface area contributed by atoms with Gasteiger partial charge in [-0.15, -0.1) is 11.3 Å². The van der Waals surface area contributed by atoms with Crippen LogP contribution in [0, 0.1) is 5.82 Å². The van der Waals surface area contributed by atoms with E-state index in [0.29, 0.717) is 16.8 Å². The number of anilines is 1. The number of halogens is 2. The van der Waals surface area contributed by atoms with Crippen LogP contribution in [-0.2, 0) is 4.79 Å². The third kappa shape index (κ3) is 4.43. The van der Waals surface area contributed by atoms with Gasteiger partial charge < -0.3 is 10.1 Å². The van der Waals surface area contributed by atoms with Crippen molar-refractivity contribution in [3.8, 4) is 5.75 Å². The molecule has 1 aliphatic rings. The summed E-state index contributed by atoms with van der Waals surface area (Å²) in [5.74, 6) is 0.00134.